The average molecular weight is 538 g/mol. The predicted molar refractivity (Wildman–Crippen MR) is 134 cm³/mol. The Bertz CT molecular complexity index is 1270. The van der Waals surface area contributed by atoms with Crippen molar-refractivity contribution in [1.29, 1.82) is 0 Å². The lowest BCUT2D eigenvalue weighted by Crippen LogP contribution is -2.63. The summed E-state index contributed by atoms with van der Waals surface area (Å²) in [5.41, 5.74) is -0.737. The molecule has 0 saturated carbocycles. The van der Waals surface area contributed by atoms with Crippen LogP contribution in [0.4, 0.5) is 40.7 Å². The summed E-state index contributed by atoms with van der Waals surface area (Å²) in [6, 6.07) is 9.93. The van der Waals surface area contributed by atoms with Crippen molar-refractivity contribution in [2.75, 3.05) is 28.6 Å². The van der Waals surface area contributed by atoms with Crippen molar-refractivity contribution in [2.24, 2.45) is 5.41 Å². The predicted octanol–water partition coefficient (Wildman–Crippen LogP) is 5.87. The minimum absolute atomic E-state index is 0.248. The molecule has 3 heterocycles. The van der Waals surface area contributed by atoms with Gasteiger partial charge in [-0.2, -0.15) is 18.3 Å². The molecule has 37 heavy (non-hydrogen) atoms. The maximum atomic E-state index is 14.7. The lowest BCUT2D eigenvalue weighted by molar-refractivity contribution is -0.150. The third kappa shape index (κ3) is 6.70. The molecule has 0 spiro atoms. The number of aromatic amines is 1. The molecule has 8 nitrogen and oxygen atoms in total. The number of hydrogen-bond acceptors (Lipinski definition) is 7. The molecule has 3 N–H and O–H groups in total. The Morgan fingerprint density at radius 1 is 1.11 bits per heavy atom. The lowest BCUT2D eigenvalue weighted by atomic mass is 9.70. The summed E-state index contributed by atoms with van der Waals surface area (Å²) >= 11 is 1.24. The van der Waals surface area contributed by atoms with Crippen molar-refractivity contribution < 1.29 is 22.4 Å². The van der Waals surface area contributed by atoms with Crippen LogP contribution in [0.15, 0.2) is 46.5 Å². The first-order valence-corrected chi connectivity index (χ1v) is 12.3. The smallest absolute Gasteiger partial charge is 0.355 e. The molecule has 1 fully saturated rings. The fraction of sp³-hybridized carbons (Fsp3) is 0.417. The van der Waals surface area contributed by atoms with Gasteiger partial charge in [0.05, 0.1) is 0 Å². The van der Waals surface area contributed by atoms with Gasteiger partial charge in [0, 0.05) is 46.9 Å². The van der Waals surface area contributed by atoms with E-state index in [9.17, 15) is 22.4 Å². The van der Waals surface area contributed by atoms with Crippen LogP contribution in [-0.2, 0) is 4.79 Å². The molecule has 0 radical (unpaired) electrons. The monoisotopic (exact) mass is 537 g/mol. The second-order valence-electron chi connectivity index (χ2n) is 9.81. The van der Waals surface area contributed by atoms with E-state index in [4.69, 9.17) is 0 Å². The summed E-state index contributed by atoms with van der Waals surface area (Å²) in [5, 5.41) is 12.8. The number of amides is 1. The van der Waals surface area contributed by atoms with E-state index in [1.54, 1.807) is 32.0 Å². The second kappa shape index (κ2) is 9.84. The zero-order valence-electron chi connectivity index (χ0n) is 20.7. The molecule has 4 rings (SSSR count). The highest BCUT2D eigenvalue weighted by Gasteiger charge is 2.51. The number of alkyl halides is 4. The van der Waals surface area contributed by atoms with E-state index in [1.807, 2.05) is 24.8 Å². The number of benzene rings is 1. The van der Waals surface area contributed by atoms with Gasteiger partial charge in [0.15, 0.2) is 11.0 Å². The quantitative estimate of drug-likeness (QED) is 0.244. The number of carbonyl (C=O) groups excluding carboxylic acids is 1. The summed E-state index contributed by atoms with van der Waals surface area (Å²) in [6.07, 6.45) is -6.12. The molecule has 0 atom stereocenters. The molecule has 0 unspecified atom stereocenters. The van der Waals surface area contributed by atoms with Crippen molar-refractivity contribution in [1.82, 2.24) is 20.2 Å². The van der Waals surface area contributed by atoms with Crippen molar-refractivity contribution in [3.8, 4) is 0 Å². The molecular formula is C24H27F4N7OS. The maximum Gasteiger partial charge on any atom is 0.397 e. The molecule has 1 aliphatic heterocycles. The molecular weight excluding hydrogens is 510 g/mol. The number of rotatable bonds is 8. The van der Waals surface area contributed by atoms with Gasteiger partial charge in [-0.25, -0.2) is 14.4 Å². The summed E-state index contributed by atoms with van der Waals surface area (Å²) < 4.78 is 51.9. The second-order valence-corrected chi connectivity index (χ2v) is 10.9. The van der Waals surface area contributed by atoms with Crippen LogP contribution in [-0.4, -0.2) is 51.0 Å². The molecule has 1 aliphatic rings. The van der Waals surface area contributed by atoms with E-state index >= 15 is 0 Å². The van der Waals surface area contributed by atoms with Gasteiger partial charge in [-0.05, 0) is 56.8 Å². The van der Waals surface area contributed by atoms with E-state index in [0.717, 1.165) is 5.69 Å². The van der Waals surface area contributed by atoms with Crippen molar-refractivity contribution in [3.05, 3.63) is 42.1 Å². The van der Waals surface area contributed by atoms with Crippen LogP contribution < -0.4 is 15.5 Å². The maximum absolute atomic E-state index is 14.7. The number of aryl methyl sites for hydroxylation is 1. The minimum Gasteiger partial charge on any atom is -0.355 e. The van der Waals surface area contributed by atoms with Gasteiger partial charge in [0.2, 0.25) is 5.91 Å². The number of anilines is 4. The number of aromatic nitrogens is 4. The minimum atomic E-state index is -4.57. The Morgan fingerprint density at radius 2 is 1.78 bits per heavy atom. The molecule has 1 amide bonds. The van der Waals surface area contributed by atoms with Crippen molar-refractivity contribution in [3.63, 3.8) is 0 Å². The van der Waals surface area contributed by atoms with Crippen LogP contribution in [0.1, 0.15) is 32.9 Å². The highest BCUT2D eigenvalue weighted by atomic mass is 32.2. The number of nitrogens with zero attached hydrogens (tertiary/aromatic N) is 4. The van der Waals surface area contributed by atoms with E-state index in [0.29, 0.717) is 40.6 Å². The number of nitrogens with one attached hydrogen (secondary N) is 3. The Morgan fingerprint density at radius 3 is 2.35 bits per heavy atom. The molecule has 0 bridgehead atoms. The molecule has 3 aromatic rings. The van der Waals surface area contributed by atoms with Crippen molar-refractivity contribution in [2.45, 2.75) is 56.0 Å². The Kier molecular flexibility index (Phi) is 7.10. The van der Waals surface area contributed by atoms with Crippen LogP contribution in [0, 0.1) is 12.3 Å². The van der Waals surface area contributed by atoms with Crippen LogP contribution in [0.2, 0.25) is 0 Å². The average Bonchev–Trinajstić information content (AvgIpc) is 3.15. The third-order valence-corrected chi connectivity index (χ3v) is 7.07. The molecule has 1 saturated heterocycles. The van der Waals surface area contributed by atoms with E-state index < -0.39 is 29.6 Å². The fourth-order valence-electron chi connectivity index (χ4n) is 3.73. The Balaban J connectivity index is 1.52. The Labute approximate surface area is 215 Å². The molecule has 2 aromatic heterocycles. The first kappa shape index (κ1) is 26.7. The van der Waals surface area contributed by atoms with Gasteiger partial charge in [-0.15, -0.1) is 0 Å². The number of H-pyrrole nitrogens is 1. The standard InChI is InChI=1S/C24H27F4N7OS/c1-14-9-18(34-33-14)30-17-10-19(35-12-23(4,13-35)22(2,3)25)32-21(31-17)37-16-7-5-15(6-8-16)29-20(36)11-24(26,27)28/h5-10H,11-13H2,1-4H3,(H,29,36)(H2,30,31,32,33,34). The van der Waals surface area contributed by atoms with Gasteiger partial charge in [0.1, 0.15) is 23.7 Å². The van der Waals surface area contributed by atoms with Crippen LogP contribution in [0.3, 0.4) is 0 Å². The largest absolute Gasteiger partial charge is 0.397 e. The summed E-state index contributed by atoms with van der Waals surface area (Å²) in [7, 11) is 0. The third-order valence-electron chi connectivity index (χ3n) is 6.20. The summed E-state index contributed by atoms with van der Waals surface area (Å²) in [5.74, 6) is 0.579. The van der Waals surface area contributed by atoms with E-state index in [1.165, 1.54) is 23.9 Å². The van der Waals surface area contributed by atoms with Gasteiger partial charge >= 0.3 is 6.18 Å². The van der Waals surface area contributed by atoms with Gasteiger partial charge < -0.3 is 15.5 Å². The number of carbonyl (C=O) groups is 1. The van der Waals surface area contributed by atoms with Crippen LogP contribution >= 0.6 is 11.8 Å². The first-order valence-electron chi connectivity index (χ1n) is 11.5. The molecule has 13 heteroatoms. The number of hydrogen-bond donors (Lipinski definition) is 3. The molecule has 0 aliphatic carbocycles. The SMILES string of the molecule is Cc1cc(Nc2cc(N3CC(C)(C(C)(C)F)C3)nc(Sc3ccc(NC(=O)CC(F)(F)F)cc3)n2)n[nH]1. The van der Waals surface area contributed by atoms with Gasteiger partial charge in [-0.1, -0.05) is 6.92 Å². The van der Waals surface area contributed by atoms with E-state index in [2.05, 4.69) is 30.8 Å². The first-order chi connectivity index (χ1) is 17.2. The number of halogens is 4. The normalized spacial score (nSPS) is 15.3. The van der Waals surface area contributed by atoms with Crippen LogP contribution in [0.25, 0.3) is 0 Å². The van der Waals surface area contributed by atoms with E-state index in [-0.39, 0.29) is 5.69 Å². The summed E-state index contributed by atoms with van der Waals surface area (Å²) in [4.78, 5) is 23.4. The van der Waals surface area contributed by atoms with Gasteiger partial charge in [0.25, 0.3) is 0 Å². The lowest BCUT2D eigenvalue weighted by Gasteiger charge is -2.53. The topological polar surface area (TPSA) is 98.8 Å². The van der Waals surface area contributed by atoms with Crippen LogP contribution in [0.5, 0.6) is 0 Å². The highest BCUT2D eigenvalue weighted by Crippen LogP contribution is 2.44. The molecule has 1 aromatic carbocycles. The highest BCUT2D eigenvalue weighted by molar-refractivity contribution is 7.99. The van der Waals surface area contributed by atoms with Crippen molar-refractivity contribution >= 4 is 40.8 Å². The molecule has 198 valence electrons. The van der Waals surface area contributed by atoms with Gasteiger partial charge in [-0.3, -0.25) is 9.89 Å². The zero-order chi connectivity index (χ0) is 27.0. The zero-order valence-corrected chi connectivity index (χ0v) is 21.5. The fourth-order valence-corrected chi connectivity index (χ4v) is 4.50. The summed E-state index contributed by atoms with van der Waals surface area (Å²) in [6.45, 7) is 7.91. The Hall–Kier alpha value is -3.35.